The molecule has 3 N–H and O–H groups in total. The second kappa shape index (κ2) is 8.43. The highest BCUT2D eigenvalue weighted by atomic mass is 35.5. The van der Waals surface area contributed by atoms with Crippen molar-refractivity contribution in [1.82, 2.24) is 0 Å². The van der Waals surface area contributed by atoms with Gasteiger partial charge in [0.2, 0.25) is 5.91 Å². The van der Waals surface area contributed by atoms with E-state index in [0.29, 0.717) is 45.5 Å². The number of ether oxygens (including phenoxy) is 1. The van der Waals surface area contributed by atoms with Crippen molar-refractivity contribution in [2.45, 2.75) is 38.5 Å². The van der Waals surface area contributed by atoms with Gasteiger partial charge in [-0.25, -0.2) is 4.79 Å². The number of nitrogens with one attached hydrogen (secondary N) is 1. The number of rotatable bonds is 3. The van der Waals surface area contributed by atoms with Crippen LogP contribution in [-0.2, 0) is 24.5 Å². The fourth-order valence-electron chi connectivity index (χ4n) is 5.35. The smallest absolute Gasteiger partial charge is 0.339 e. The molecule has 2 aromatic carbocycles. The van der Waals surface area contributed by atoms with Crippen LogP contribution in [-0.4, -0.2) is 24.3 Å². The van der Waals surface area contributed by atoms with Crippen LogP contribution >= 0.6 is 23.2 Å². The molecule has 1 amide bonds. The zero-order valence-electron chi connectivity index (χ0n) is 19.2. The van der Waals surface area contributed by atoms with Crippen molar-refractivity contribution >= 4 is 52.2 Å². The van der Waals surface area contributed by atoms with E-state index in [1.807, 2.05) is 13.0 Å². The number of fused-ring (bicyclic) bond motifs is 3. The highest BCUT2D eigenvalue weighted by Crippen LogP contribution is 2.56. The molecule has 0 saturated carbocycles. The molecule has 0 aromatic heterocycles. The van der Waals surface area contributed by atoms with Crippen LogP contribution in [0.15, 0.2) is 59.1 Å². The second-order valence-electron chi connectivity index (χ2n) is 8.76. The molecule has 35 heavy (non-hydrogen) atoms. The Labute approximate surface area is 212 Å². The van der Waals surface area contributed by atoms with E-state index in [9.17, 15) is 14.4 Å². The molecule has 1 unspecified atom stereocenters. The Hall–Kier alpha value is -3.29. The van der Waals surface area contributed by atoms with Crippen molar-refractivity contribution in [3.63, 3.8) is 0 Å². The zero-order chi connectivity index (χ0) is 25.1. The van der Waals surface area contributed by atoms with E-state index in [-0.39, 0.29) is 35.8 Å². The summed E-state index contributed by atoms with van der Waals surface area (Å²) in [5.74, 6) is -1.58. The third-order valence-electron chi connectivity index (χ3n) is 6.70. The van der Waals surface area contributed by atoms with Crippen molar-refractivity contribution in [2.24, 2.45) is 5.73 Å². The lowest BCUT2D eigenvalue weighted by Gasteiger charge is -2.44. The molecule has 1 spiro atoms. The Morgan fingerprint density at radius 1 is 1.17 bits per heavy atom. The maximum atomic E-state index is 13.9. The van der Waals surface area contributed by atoms with E-state index in [4.69, 9.17) is 33.7 Å². The number of Topliss-reactive ketones (excluding diaryl/α,β-unsaturated/α-hetero) is 1. The average Bonchev–Trinajstić information content (AvgIpc) is 3.07. The number of benzene rings is 2. The molecule has 3 aliphatic rings. The predicted octanol–water partition coefficient (Wildman–Crippen LogP) is 4.75. The number of aryl methyl sites for hydroxylation is 1. The maximum Gasteiger partial charge on any atom is 0.339 e. The van der Waals surface area contributed by atoms with Gasteiger partial charge in [-0.05, 0) is 62.6 Å². The van der Waals surface area contributed by atoms with Gasteiger partial charge in [0.25, 0.3) is 0 Å². The summed E-state index contributed by atoms with van der Waals surface area (Å²) in [6.07, 6.45) is 1.27. The van der Waals surface area contributed by atoms with E-state index >= 15 is 0 Å². The number of nitrogens with two attached hydrogens (primary N) is 1. The number of esters is 1. The van der Waals surface area contributed by atoms with Gasteiger partial charge in [-0.15, -0.1) is 0 Å². The van der Waals surface area contributed by atoms with Gasteiger partial charge in [-0.3, -0.25) is 14.5 Å². The van der Waals surface area contributed by atoms with E-state index < -0.39 is 17.3 Å². The largest absolute Gasteiger partial charge is 0.462 e. The van der Waals surface area contributed by atoms with Crippen molar-refractivity contribution in [3.8, 4) is 0 Å². The van der Waals surface area contributed by atoms with Gasteiger partial charge in [-0.2, -0.15) is 0 Å². The Kier molecular flexibility index (Phi) is 5.65. The molecular weight excluding hydrogens is 489 g/mol. The number of hydrogen-bond acceptors (Lipinski definition) is 6. The third kappa shape index (κ3) is 3.29. The molecule has 2 heterocycles. The van der Waals surface area contributed by atoms with Crippen LogP contribution in [0.3, 0.4) is 0 Å². The number of nitrogens with zero attached hydrogens (tertiary/aromatic N) is 1. The molecule has 7 nitrogen and oxygen atoms in total. The third-order valence-corrected chi connectivity index (χ3v) is 7.24. The first-order valence-electron chi connectivity index (χ1n) is 11.3. The maximum absolute atomic E-state index is 13.9. The highest BCUT2D eigenvalue weighted by molar-refractivity contribution is 6.34. The number of amides is 1. The first kappa shape index (κ1) is 23.5. The SMILES string of the molecule is CCOC(=O)C1=C(N)N(c2ccc(C)cc2Cl)C2=C(C(=O)CCC2)C12C(=O)Nc1ccc(Cl)cc12. The zero-order valence-corrected chi connectivity index (χ0v) is 20.7. The summed E-state index contributed by atoms with van der Waals surface area (Å²) in [7, 11) is 0. The molecule has 2 aliphatic heterocycles. The number of allylic oxidation sites excluding steroid dienone is 1. The topological polar surface area (TPSA) is 102 Å². The van der Waals surface area contributed by atoms with Crippen LogP contribution in [0.1, 0.15) is 37.3 Å². The first-order chi connectivity index (χ1) is 16.7. The lowest BCUT2D eigenvalue weighted by atomic mass is 9.63. The van der Waals surface area contributed by atoms with E-state index in [1.165, 1.54) is 0 Å². The summed E-state index contributed by atoms with van der Waals surface area (Å²) in [5.41, 5.74) is 7.90. The Morgan fingerprint density at radius 3 is 2.66 bits per heavy atom. The second-order valence-corrected chi connectivity index (χ2v) is 9.61. The number of anilines is 2. The molecule has 1 atom stereocenters. The summed E-state index contributed by atoms with van der Waals surface area (Å²) < 4.78 is 5.40. The predicted molar refractivity (Wildman–Crippen MR) is 134 cm³/mol. The van der Waals surface area contributed by atoms with Gasteiger partial charge >= 0.3 is 5.97 Å². The fourth-order valence-corrected chi connectivity index (χ4v) is 5.84. The monoisotopic (exact) mass is 511 g/mol. The molecule has 5 rings (SSSR count). The summed E-state index contributed by atoms with van der Waals surface area (Å²) in [5, 5.41) is 3.59. The van der Waals surface area contributed by atoms with Crippen LogP contribution in [0, 0.1) is 6.92 Å². The average molecular weight is 512 g/mol. The lowest BCUT2D eigenvalue weighted by molar-refractivity contribution is -0.140. The highest BCUT2D eigenvalue weighted by Gasteiger charge is 2.62. The van der Waals surface area contributed by atoms with Gasteiger partial charge in [-0.1, -0.05) is 29.3 Å². The van der Waals surface area contributed by atoms with Crippen molar-refractivity contribution < 1.29 is 19.1 Å². The van der Waals surface area contributed by atoms with Crippen LogP contribution in [0.25, 0.3) is 0 Å². The van der Waals surface area contributed by atoms with Gasteiger partial charge < -0.3 is 15.8 Å². The van der Waals surface area contributed by atoms with Crippen LogP contribution < -0.4 is 16.0 Å². The van der Waals surface area contributed by atoms with Gasteiger partial charge in [0, 0.05) is 34.0 Å². The molecule has 1 aliphatic carbocycles. The number of hydrogen-bond donors (Lipinski definition) is 2. The van der Waals surface area contributed by atoms with E-state index in [0.717, 1.165) is 5.56 Å². The molecule has 9 heteroatoms. The summed E-state index contributed by atoms with van der Waals surface area (Å²) in [6.45, 7) is 3.62. The minimum atomic E-state index is -1.78. The Bertz CT molecular complexity index is 1380. The normalized spacial score (nSPS) is 21.3. The van der Waals surface area contributed by atoms with Gasteiger partial charge in [0.05, 0.1) is 17.3 Å². The number of ketones is 1. The van der Waals surface area contributed by atoms with E-state index in [1.54, 1.807) is 42.2 Å². The standard InChI is InChI=1S/C26H23Cl2N3O4/c1-3-35-24(33)22-23(29)31(18-10-7-13(2)11-16(18)28)19-5-4-6-20(32)21(19)26(22)15-12-14(27)8-9-17(15)30-25(26)34/h7-12H,3-6,29H2,1-2H3,(H,30,34). The lowest BCUT2D eigenvalue weighted by Crippen LogP contribution is -2.53. The molecule has 2 aromatic rings. The van der Waals surface area contributed by atoms with Crippen molar-refractivity contribution in [3.05, 3.63) is 80.2 Å². The summed E-state index contributed by atoms with van der Waals surface area (Å²) in [4.78, 5) is 42.7. The van der Waals surface area contributed by atoms with Gasteiger partial charge in [0.1, 0.15) is 16.8 Å². The molecule has 180 valence electrons. The molecular formula is C26H23Cl2N3O4. The Balaban J connectivity index is 1.92. The van der Waals surface area contributed by atoms with Crippen LogP contribution in [0.2, 0.25) is 10.0 Å². The molecule has 0 bridgehead atoms. The van der Waals surface area contributed by atoms with Crippen LogP contribution in [0.4, 0.5) is 11.4 Å². The summed E-state index contributed by atoms with van der Waals surface area (Å²) in [6, 6.07) is 10.3. The van der Waals surface area contributed by atoms with Gasteiger partial charge in [0.15, 0.2) is 5.78 Å². The minimum Gasteiger partial charge on any atom is -0.462 e. The number of carbonyl (C=O) groups is 3. The van der Waals surface area contributed by atoms with Crippen molar-refractivity contribution in [2.75, 3.05) is 16.8 Å². The summed E-state index contributed by atoms with van der Waals surface area (Å²) >= 11 is 13.0. The Morgan fingerprint density at radius 2 is 1.94 bits per heavy atom. The molecule has 0 fully saturated rings. The number of carbonyl (C=O) groups excluding carboxylic acids is 3. The molecule has 0 radical (unpaired) electrons. The minimum absolute atomic E-state index is 0.00868. The van der Waals surface area contributed by atoms with Crippen molar-refractivity contribution in [1.29, 1.82) is 0 Å². The van der Waals surface area contributed by atoms with Crippen LogP contribution in [0.5, 0.6) is 0 Å². The quantitative estimate of drug-likeness (QED) is 0.576. The fraction of sp³-hybridized carbons (Fsp3) is 0.269. The molecule has 0 saturated heterocycles. The van der Waals surface area contributed by atoms with E-state index in [2.05, 4.69) is 5.32 Å². The first-order valence-corrected chi connectivity index (χ1v) is 12.1. The number of halogens is 2.